The van der Waals surface area contributed by atoms with Crippen molar-refractivity contribution in [1.82, 2.24) is 15.1 Å². The number of hydrogen-bond acceptors (Lipinski definition) is 7. The Morgan fingerprint density at radius 1 is 1.05 bits per heavy atom. The Labute approximate surface area is 246 Å². The molecule has 4 heterocycles. The molecular formula is C32H41N3O7. The van der Waals surface area contributed by atoms with Gasteiger partial charge in [-0.1, -0.05) is 54.6 Å². The fraction of sp³-hybridized carbons (Fsp3) is 0.562. The van der Waals surface area contributed by atoms with Gasteiger partial charge in [-0.2, -0.15) is 0 Å². The van der Waals surface area contributed by atoms with E-state index in [1.807, 2.05) is 62.4 Å². The molecule has 6 atom stereocenters. The first-order chi connectivity index (χ1) is 20.3. The summed E-state index contributed by atoms with van der Waals surface area (Å²) >= 11 is 0. The smallest absolute Gasteiger partial charge is 0.306 e. The second kappa shape index (κ2) is 12.8. The molecule has 1 aromatic carbocycles. The van der Waals surface area contributed by atoms with E-state index >= 15 is 0 Å². The van der Waals surface area contributed by atoms with Gasteiger partial charge in [-0.25, -0.2) is 0 Å². The SMILES string of the molecule is CC(C)N1C/C=C\CCC(=O)OC[C@@H](c2ccccc2)NC(=O)[C@@H]2[C@@H]3C=C[C@]4(O3)[C@H](C1=O)N(CCCCCO)C(=O)[C@@H]24. The van der Waals surface area contributed by atoms with Crippen molar-refractivity contribution in [2.75, 3.05) is 26.3 Å². The lowest BCUT2D eigenvalue weighted by atomic mass is 9.74. The normalized spacial score (nSPS) is 32.3. The first-order valence-corrected chi connectivity index (χ1v) is 15.0. The Morgan fingerprint density at radius 2 is 1.83 bits per heavy atom. The summed E-state index contributed by atoms with van der Waals surface area (Å²) in [6, 6.07) is 7.58. The third-order valence-electron chi connectivity index (χ3n) is 8.79. The predicted molar refractivity (Wildman–Crippen MR) is 154 cm³/mol. The highest BCUT2D eigenvalue weighted by atomic mass is 16.5. The number of unbranched alkanes of at least 4 members (excludes halogenated alkanes) is 2. The number of aliphatic hydroxyl groups is 1. The van der Waals surface area contributed by atoms with Crippen LogP contribution in [0.2, 0.25) is 0 Å². The highest BCUT2D eigenvalue weighted by Crippen LogP contribution is 2.55. The number of fused-ring (bicyclic) bond motifs is 2. The molecule has 10 heteroatoms. The number of likely N-dealkylation sites (tertiary alicyclic amines) is 1. The molecule has 5 bridgehead atoms. The van der Waals surface area contributed by atoms with Crippen molar-refractivity contribution in [2.24, 2.45) is 11.8 Å². The monoisotopic (exact) mass is 579 g/mol. The van der Waals surface area contributed by atoms with Crippen LogP contribution in [-0.2, 0) is 28.7 Å². The fourth-order valence-electron chi connectivity index (χ4n) is 6.70. The van der Waals surface area contributed by atoms with E-state index in [1.54, 1.807) is 15.9 Å². The number of nitrogens with zero attached hydrogens (tertiary/aromatic N) is 2. The van der Waals surface area contributed by atoms with Crippen LogP contribution >= 0.6 is 0 Å². The first kappa shape index (κ1) is 30.0. The topological polar surface area (TPSA) is 125 Å². The number of rotatable bonds is 7. The van der Waals surface area contributed by atoms with Crippen LogP contribution in [0.25, 0.3) is 0 Å². The number of aliphatic hydroxyl groups excluding tert-OH is 1. The van der Waals surface area contributed by atoms with Crippen molar-refractivity contribution in [3.63, 3.8) is 0 Å². The minimum atomic E-state index is -1.25. The minimum absolute atomic E-state index is 0.0463. The van der Waals surface area contributed by atoms with Gasteiger partial charge < -0.3 is 29.7 Å². The average Bonchev–Trinajstić information content (AvgIpc) is 3.62. The third-order valence-corrected chi connectivity index (χ3v) is 8.79. The molecule has 2 N–H and O–H groups in total. The second-order valence-electron chi connectivity index (χ2n) is 11.8. The lowest BCUT2D eigenvalue weighted by Crippen LogP contribution is -2.57. The number of carbonyl (C=O) groups is 4. The molecule has 2 fully saturated rings. The Hall–Kier alpha value is -3.50. The number of amides is 3. The van der Waals surface area contributed by atoms with E-state index in [9.17, 15) is 24.3 Å². The number of allylic oxidation sites excluding steroid dienone is 1. The summed E-state index contributed by atoms with van der Waals surface area (Å²) in [5, 5.41) is 12.3. The average molecular weight is 580 g/mol. The molecule has 0 unspecified atom stereocenters. The Kier molecular flexibility index (Phi) is 9.13. The molecule has 42 heavy (non-hydrogen) atoms. The Morgan fingerprint density at radius 3 is 2.57 bits per heavy atom. The highest BCUT2D eigenvalue weighted by molar-refractivity contribution is 6.00. The molecule has 4 aliphatic heterocycles. The second-order valence-corrected chi connectivity index (χ2v) is 11.8. The molecule has 10 nitrogen and oxygen atoms in total. The van der Waals surface area contributed by atoms with Gasteiger partial charge in [0.2, 0.25) is 17.7 Å². The van der Waals surface area contributed by atoms with Crippen LogP contribution in [0.4, 0.5) is 0 Å². The molecular weight excluding hydrogens is 538 g/mol. The summed E-state index contributed by atoms with van der Waals surface area (Å²) < 4.78 is 12.1. The number of esters is 1. The van der Waals surface area contributed by atoms with E-state index in [2.05, 4.69) is 5.32 Å². The van der Waals surface area contributed by atoms with Gasteiger partial charge >= 0.3 is 5.97 Å². The Bertz CT molecular complexity index is 1230. The molecule has 2 saturated heterocycles. The maximum Gasteiger partial charge on any atom is 0.306 e. The van der Waals surface area contributed by atoms with Crippen LogP contribution in [0.15, 0.2) is 54.6 Å². The van der Waals surface area contributed by atoms with E-state index in [4.69, 9.17) is 9.47 Å². The quantitative estimate of drug-likeness (QED) is 0.289. The zero-order valence-corrected chi connectivity index (χ0v) is 24.3. The molecule has 1 aromatic rings. The summed E-state index contributed by atoms with van der Waals surface area (Å²) in [4.78, 5) is 58.4. The zero-order valence-electron chi connectivity index (χ0n) is 24.3. The van der Waals surface area contributed by atoms with Crippen molar-refractivity contribution < 1.29 is 33.8 Å². The molecule has 0 aromatic heterocycles. The summed E-state index contributed by atoms with van der Waals surface area (Å²) in [7, 11) is 0. The lowest BCUT2D eigenvalue weighted by molar-refractivity contribution is -0.148. The number of benzene rings is 1. The molecule has 5 rings (SSSR count). The van der Waals surface area contributed by atoms with Crippen molar-refractivity contribution in [2.45, 2.75) is 75.8 Å². The van der Waals surface area contributed by atoms with Crippen LogP contribution in [0.3, 0.4) is 0 Å². The third kappa shape index (κ3) is 5.62. The van der Waals surface area contributed by atoms with Gasteiger partial charge in [0, 0.05) is 32.2 Å². The number of carbonyl (C=O) groups excluding carboxylic acids is 4. The van der Waals surface area contributed by atoms with E-state index in [1.165, 1.54) is 0 Å². The Balaban J connectivity index is 1.53. The van der Waals surface area contributed by atoms with Gasteiger partial charge in [0.1, 0.15) is 18.2 Å². The maximum atomic E-state index is 14.3. The number of ether oxygens (including phenoxy) is 2. The van der Waals surface area contributed by atoms with Gasteiger partial charge in [0.05, 0.1) is 24.0 Å². The van der Waals surface area contributed by atoms with Gasteiger partial charge in [0.25, 0.3) is 0 Å². The van der Waals surface area contributed by atoms with Crippen LogP contribution in [0.1, 0.15) is 57.6 Å². The largest absolute Gasteiger partial charge is 0.463 e. The van der Waals surface area contributed by atoms with Gasteiger partial charge in [-0.15, -0.1) is 0 Å². The molecule has 3 amide bonds. The molecule has 226 valence electrons. The van der Waals surface area contributed by atoms with Crippen molar-refractivity contribution in [1.29, 1.82) is 0 Å². The van der Waals surface area contributed by atoms with Crippen molar-refractivity contribution >= 4 is 23.7 Å². The highest BCUT2D eigenvalue weighted by Gasteiger charge is 2.73. The number of hydrogen-bond donors (Lipinski definition) is 2. The lowest BCUT2D eigenvalue weighted by Gasteiger charge is -2.37. The van der Waals surface area contributed by atoms with E-state index in [0.29, 0.717) is 38.8 Å². The van der Waals surface area contributed by atoms with Crippen LogP contribution in [-0.4, -0.2) is 88.7 Å². The molecule has 1 spiro atoms. The van der Waals surface area contributed by atoms with Gasteiger partial charge in [-0.05, 0) is 45.1 Å². The predicted octanol–water partition coefficient (Wildman–Crippen LogP) is 2.29. The van der Waals surface area contributed by atoms with E-state index in [0.717, 1.165) is 5.56 Å². The molecule has 0 aliphatic carbocycles. The van der Waals surface area contributed by atoms with Crippen molar-refractivity contribution in [3.8, 4) is 0 Å². The summed E-state index contributed by atoms with van der Waals surface area (Å²) in [5.74, 6) is -2.97. The standard InChI is InChI=1S/C32H41N3O7/c1-21(2)34-17-9-4-8-14-25(37)41-20-23(22-12-6-3-7-13-22)33-29(38)26-24-15-16-32(42-24)27(26)30(39)35(28(32)31(34)40)18-10-5-11-19-36/h3-4,6-7,9,12-13,15-16,21,23-24,26-28,36H,5,8,10-11,14,17-20H2,1-2H3,(H,33,38)/b9-4-/t23-,24-,26+,27+,28-,32+/m0/s1. The van der Waals surface area contributed by atoms with Gasteiger partial charge in [-0.3, -0.25) is 19.2 Å². The first-order valence-electron chi connectivity index (χ1n) is 15.0. The van der Waals surface area contributed by atoms with Gasteiger partial charge in [0.15, 0.2) is 0 Å². The van der Waals surface area contributed by atoms with Crippen LogP contribution in [0, 0.1) is 11.8 Å². The van der Waals surface area contributed by atoms with E-state index < -0.39 is 35.6 Å². The molecule has 4 aliphatic rings. The molecule has 0 saturated carbocycles. The number of nitrogens with one attached hydrogen (secondary N) is 1. The summed E-state index contributed by atoms with van der Waals surface area (Å²) in [5.41, 5.74) is -0.480. The zero-order chi connectivity index (χ0) is 29.9. The number of cyclic esters (lactones) is 1. The molecule has 0 radical (unpaired) electrons. The van der Waals surface area contributed by atoms with Crippen LogP contribution in [0.5, 0.6) is 0 Å². The fourth-order valence-corrected chi connectivity index (χ4v) is 6.70. The summed E-state index contributed by atoms with van der Waals surface area (Å²) in [6.07, 6.45) is 9.24. The van der Waals surface area contributed by atoms with Crippen molar-refractivity contribution in [3.05, 3.63) is 60.2 Å². The van der Waals surface area contributed by atoms with E-state index in [-0.39, 0.29) is 49.4 Å². The summed E-state index contributed by atoms with van der Waals surface area (Å²) in [6.45, 7) is 4.49. The van der Waals surface area contributed by atoms with Crippen LogP contribution < -0.4 is 5.32 Å². The minimum Gasteiger partial charge on any atom is -0.463 e. The maximum absolute atomic E-state index is 14.3.